The summed E-state index contributed by atoms with van der Waals surface area (Å²) in [6.07, 6.45) is 7.89. The number of rotatable bonds is 3. The summed E-state index contributed by atoms with van der Waals surface area (Å²) in [4.78, 5) is 11.4. The van der Waals surface area contributed by atoms with E-state index in [1.165, 1.54) is 0 Å². The van der Waals surface area contributed by atoms with Gasteiger partial charge in [0.15, 0.2) is 0 Å². The lowest BCUT2D eigenvalue weighted by atomic mass is 10.1. The van der Waals surface area contributed by atoms with Gasteiger partial charge in [-0.25, -0.2) is 4.98 Å². The van der Waals surface area contributed by atoms with Crippen LogP contribution in [-0.4, -0.2) is 32.8 Å². The minimum absolute atomic E-state index is 0.391. The van der Waals surface area contributed by atoms with Gasteiger partial charge in [-0.1, -0.05) is 12.2 Å². The molecule has 0 saturated carbocycles. The van der Waals surface area contributed by atoms with Crippen molar-refractivity contribution in [3.63, 3.8) is 0 Å². The van der Waals surface area contributed by atoms with Gasteiger partial charge in [0, 0.05) is 35.4 Å². The minimum atomic E-state index is 0.391. The van der Waals surface area contributed by atoms with Gasteiger partial charge < -0.3 is 10.2 Å². The monoisotopic (exact) mass is 306 g/mol. The van der Waals surface area contributed by atoms with E-state index in [1.807, 2.05) is 24.4 Å². The van der Waals surface area contributed by atoms with E-state index in [9.17, 15) is 0 Å². The van der Waals surface area contributed by atoms with Crippen molar-refractivity contribution in [2.45, 2.75) is 19.9 Å². The highest BCUT2D eigenvalue weighted by Gasteiger charge is 2.18. The Bertz CT molecular complexity index is 880. The Morgan fingerprint density at radius 1 is 1.26 bits per heavy atom. The maximum Gasteiger partial charge on any atom is 0.229 e. The van der Waals surface area contributed by atoms with Gasteiger partial charge in [0.2, 0.25) is 5.95 Å². The van der Waals surface area contributed by atoms with Gasteiger partial charge in [-0.2, -0.15) is 10.1 Å². The lowest BCUT2D eigenvalue weighted by molar-refractivity contribution is 0.707. The predicted octanol–water partition coefficient (Wildman–Crippen LogP) is 3.34. The summed E-state index contributed by atoms with van der Waals surface area (Å²) in [6.45, 7) is 5.22. The molecule has 3 aromatic rings. The number of anilines is 3. The molecule has 2 N–H and O–H groups in total. The normalized spacial score (nSPS) is 13.6. The molecule has 3 heterocycles. The summed E-state index contributed by atoms with van der Waals surface area (Å²) in [5.74, 6) is 1.58. The topological polar surface area (TPSA) is 69.7 Å². The highest BCUT2D eigenvalue weighted by molar-refractivity contribution is 5.82. The molecule has 0 bridgehead atoms. The Morgan fingerprint density at radius 2 is 2.17 bits per heavy atom. The van der Waals surface area contributed by atoms with Crippen molar-refractivity contribution in [1.29, 1.82) is 0 Å². The number of aromatic amines is 1. The molecule has 1 aliphatic rings. The van der Waals surface area contributed by atoms with Gasteiger partial charge in [0.1, 0.15) is 5.82 Å². The average Bonchev–Trinajstić information content (AvgIpc) is 3.01. The number of hydrogen-bond acceptors (Lipinski definition) is 5. The molecular formula is C17H18N6. The van der Waals surface area contributed by atoms with Crippen LogP contribution in [0.1, 0.15) is 19.4 Å². The fourth-order valence-electron chi connectivity index (χ4n) is 2.77. The van der Waals surface area contributed by atoms with Crippen LogP contribution in [0.5, 0.6) is 0 Å². The van der Waals surface area contributed by atoms with E-state index >= 15 is 0 Å². The molecule has 1 aliphatic heterocycles. The van der Waals surface area contributed by atoms with Crippen LogP contribution in [0.3, 0.4) is 0 Å². The number of benzene rings is 1. The molecule has 6 heteroatoms. The summed E-state index contributed by atoms with van der Waals surface area (Å²) < 4.78 is 0. The molecule has 0 aliphatic carbocycles. The van der Waals surface area contributed by atoms with E-state index in [0.717, 1.165) is 34.5 Å². The van der Waals surface area contributed by atoms with E-state index in [-0.39, 0.29) is 0 Å². The zero-order valence-electron chi connectivity index (χ0n) is 13.1. The van der Waals surface area contributed by atoms with E-state index in [4.69, 9.17) is 4.98 Å². The second-order valence-corrected chi connectivity index (χ2v) is 5.92. The van der Waals surface area contributed by atoms with Crippen LogP contribution in [0, 0.1) is 0 Å². The van der Waals surface area contributed by atoms with Gasteiger partial charge in [-0.05, 0) is 32.0 Å². The number of fused-ring (bicyclic) bond motifs is 2. The third-order valence-corrected chi connectivity index (χ3v) is 3.99. The Hall–Kier alpha value is -2.89. The molecule has 6 nitrogen and oxygen atoms in total. The van der Waals surface area contributed by atoms with Gasteiger partial charge in [0.05, 0.1) is 11.7 Å². The molecule has 0 atom stereocenters. The fourth-order valence-corrected chi connectivity index (χ4v) is 2.77. The van der Waals surface area contributed by atoms with Crippen LogP contribution in [-0.2, 0) is 0 Å². The van der Waals surface area contributed by atoms with Crippen molar-refractivity contribution in [2.24, 2.45) is 0 Å². The van der Waals surface area contributed by atoms with Crippen LogP contribution in [0.2, 0.25) is 0 Å². The number of hydrogen-bond donors (Lipinski definition) is 2. The fraction of sp³-hybridized carbons (Fsp3) is 0.235. The standard InChI is InChI=1S/C17H18N6/c1-11(2)23-7-3-4-13-9-18-17(21-16(13)23)20-14-6-5-12-10-19-22-15(12)8-14/h3-6,8-11H,7H2,1-2H3,(H,19,22)(H,18,20,21). The number of H-pyrrole nitrogens is 1. The molecule has 23 heavy (non-hydrogen) atoms. The second kappa shape index (κ2) is 5.39. The first-order valence-corrected chi connectivity index (χ1v) is 7.71. The lowest BCUT2D eigenvalue weighted by Gasteiger charge is -2.30. The van der Waals surface area contributed by atoms with E-state index in [1.54, 1.807) is 6.20 Å². The predicted molar refractivity (Wildman–Crippen MR) is 92.9 cm³/mol. The third-order valence-electron chi connectivity index (χ3n) is 3.99. The van der Waals surface area contributed by atoms with Crippen LogP contribution in [0.15, 0.2) is 36.7 Å². The van der Waals surface area contributed by atoms with Gasteiger partial charge in [-0.15, -0.1) is 0 Å². The zero-order valence-corrected chi connectivity index (χ0v) is 13.1. The smallest absolute Gasteiger partial charge is 0.229 e. The Morgan fingerprint density at radius 3 is 3.04 bits per heavy atom. The van der Waals surface area contributed by atoms with Crippen LogP contribution in [0.25, 0.3) is 17.0 Å². The van der Waals surface area contributed by atoms with Crippen molar-refractivity contribution in [1.82, 2.24) is 20.2 Å². The Balaban J connectivity index is 1.67. The highest BCUT2D eigenvalue weighted by atomic mass is 15.2. The van der Waals surface area contributed by atoms with Crippen molar-refractivity contribution in [3.05, 3.63) is 42.2 Å². The van der Waals surface area contributed by atoms with Crippen LogP contribution >= 0.6 is 0 Å². The molecular weight excluding hydrogens is 288 g/mol. The van der Waals surface area contributed by atoms with Crippen molar-refractivity contribution < 1.29 is 0 Å². The van der Waals surface area contributed by atoms with E-state index in [2.05, 4.69) is 51.4 Å². The molecule has 2 aromatic heterocycles. The summed E-state index contributed by atoms with van der Waals surface area (Å²) >= 11 is 0. The Kier molecular flexibility index (Phi) is 3.22. The molecule has 0 spiro atoms. The molecule has 0 saturated heterocycles. The SMILES string of the molecule is CC(C)N1CC=Cc2cnc(Nc3ccc4cn[nH]c4c3)nc21. The van der Waals surface area contributed by atoms with Crippen LogP contribution in [0.4, 0.5) is 17.5 Å². The first-order chi connectivity index (χ1) is 11.2. The molecule has 0 radical (unpaired) electrons. The molecule has 0 unspecified atom stereocenters. The summed E-state index contributed by atoms with van der Waals surface area (Å²) in [5.41, 5.74) is 2.98. The maximum atomic E-state index is 4.71. The first kappa shape index (κ1) is 13.8. The second-order valence-electron chi connectivity index (χ2n) is 5.92. The molecule has 0 fully saturated rings. The van der Waals surface area contributed by atoms with Crippen molar-refractivity contribution >= 4 is 34.4 Å². The quantitative estimate of drug-likeness (QED) is 0.776. The number of nitrogens with zero attached hydrogens (tertiary/aromatic N) is 4. The largest absolute Gasteiger partial charge is 0.350 e. The van der Waals surface area contributed by atoms with Gasteiger partial charge in [-0.3, -0.25) is 5.10 Å². The van der Waals surface area contributed by atoms with E-state index in [0.29, 0.717) is 12.0 Å². The van der Waals surface area contributed by atoms with Gasteiger partial charge in [0.25, 0.3) is 0 Å². The average molecular weight is 306 g/mol. The summed E-state index contributed by atoms with van der Waals surface area (Å²) in [6, 6.07) is 6.41. The van der Waals surface area contributed by atoms with E-state index < -0.39 is 0 Å². The third kappa shape index (κ3) is 2.52. The van der Waals surface area contributed by atoms with Crippen molar-refractivity contribution in [3.8, 4) is 0 Å². The molecule has 4 rings (SSSR count). The number of nitrogens with one attached hydrogen (secondary N) is 2. The van der Waals surface area contributed by atoms with Crippen LogP contribution < -0.4 is 10.2 Å². The zero-order chi connectivity index (χ0) is 15.8. The molecule has 1 aromatic carbocycles. The number of aromatic nitrogens is 4. The van der Waals surface area contributed by atoms with Gasteiger partial charge >= 0.3 is 0 Å². The lowest BCUT2D eigenvalue weighted by Crippen LogP contribution is -2.33. The Labute approximate surface area is 134 Å². The van der Waals surface area contributed by atoms with Crippen molar-refractivity contribution in [2.75, 3.05) is 16.8 Å². The molecule has 116 valence electrons. The summed E-state index contributed by atoms with van der Waals surface area (Å²) in [5, 5.41) is 11.4. The summed E-state index contributed by atoms with van der Waals surface area (Å²) in [7, 11) is 0. The molecule has 0 amide bonds. The highest BCUT2D eigenvalue weighted by Crippen LogP contribution is 2.27. The maximum absolute atomic E-state index is 4.71. The minimum Gasteiger partial charge on any atom is -0.350 e. The first-order valence-electron chi connectivity index (χ1n) is 7.71.